The van der Waals surface area contributed by atoms with Gasteiger partial charge >= 0.3 is 0 Å². The average molecular weight is 367 g/mol. The third-order valence-electron chi connectivity index (χ3n) is 5.39. The van der Waals surface area contributed by atoms with E-state index in [-0.39, 0.29) is 5.56 Å². The van der Waals surface area contributed by atoms with Gasteiger partial charge in [0.25, 0.3) is 5.56 Å². The van der Waals surface area contributed by atoms with E-state index < -0.39 is 0 Å². The zero-order valence-electron chi connectivity index (χ0n) is 15.7. The van der Waals surface area contributed by atoms with Gasteiger partial charge in [-0.05, 0) is 54.0 Å². The van der Waals surface area contributed by atoms with Gasteiger partial charge < -0.3 is 9.30 Å². The number of aryl methyl sites for hydroxylation is 2. The Kier molecular flexibility index (Phi) is 5.18. The minimum atomic E-state index is -0.00754. The number of pyridine rings is 1. The van der Waals surface area contributed by atoms with E-state index in [2.05, 4.69) is 15.5 Å². The van der Waals surface area contributed by atoms with Gasteiger partial charge in [0.05, 0.1) is 18.2 Å². The monoisotopic (exact) mass is 367 g/mol. The highest BCUT2D eigenvalue weighted by Gasteiger charge is 2.19. The lowest BCUT2D eigenvalue weighted by Crippen LogP contribution is -2.17. The molecule has 1 fully saturated rings. The number of benzene rings is 1. The molecule has 0 bridgehead atoms. The zero-order valence-corrected chi connectivity index (χ0v) is 15.7. The standard InChI is InChI=1S/C20H25N5O2/c1-24-18-11-10-17(14-15(18)9-12-20(24)26)27-13-5-8-19-21-22-23-25(19)16-6-3-2-4-7-16/h9-12,14,16H,2-8,13H2,1H3. The molecule has 0 spiro atoms. The van der Waals surface area contributed by atoms with Crippen LogP contribution in [-0.4, -0.2) is 31.4 Å². The van der Waals surface area contributed by atoms with Crippen molar-refractivity contribution in [2.24, 2.45) is 7.05 Å². The summed E-state index contributed by atoms with van der Waals surface area (Å²) in [5.74, 6) is 1.77. The van der Waals surface area contributed by atoms with E-state index >= 15 is 0 Å². The van der Waals surface area contributed by atoms with Crippen LogP contribution in [0.1, 0.15) is 50.4 Å². The normalized spacial score (nSPS) is 15.3. The van der Waals surface area contributed by atoms with E-state index in [9.17, 15) is 4.79 Å². The highest BCUT2D eigenvalue weighted by molar-refractivity contribution is 5.80. The number of rotatable bonds is 6. The molecule has 7 heteroatoms. The van der Waals surface area contributed by atoms with Crippen LogP contribution in [0.2, 0.25) is 0 Å². The molecule has 0 saturated heterocycles. The molecule has 0 N–H and O–H groups in total. The van der Waals surface area contributed by atoms with Crippen LogP contribution < -0.4 is 10.3 Å². The first-order valence-corrected chi connectivity index (χ1v) is 9.72. The minimum absolute atomic E-state index is 0.00754. The molecule has 1 aliphatic rings. The van der Waals surface area contributed by atoms with Gasteiger partial charge in [-0.1, -0.05) is 19.3 Å². The van der Waals surface area contributed by atoms with Crippen molar-refractivity contribution in [1.29, 1.82) is 0 Å². The van der Waals surface area contributed by atoms with Gasteiger partial charge in [-0.25, -0.2) is 4.68 Å². The Morgan fingerprint density at radius 2 is 2.00 bits per heavy atom. The van der Waals surface area contributed by atoms with Gasteiger partial charge in [-0.15, -0.1) is 5.10 Å². The Balaban J connectivity index is 1.34. The van der Waals surface area contributed by atoms with Crippen LogP contribution in [0.5, 0.6) is 5.75 Å². The fourth-order valence-corrected chi connectivity index (χ4v) is 3.86. The molecule has 0 aliphatic heterocycles. The molecule has 1 aliphatic carbocycles. The lowest BCUT2D eigenvalue weighted by molar-refractivity contribution is 0.298. The topological polar surface area (TPSA) is 74.8 Å². The lowest BCUT2D eigenvalue weighted by atomic mass is 9.95. The SMILES string of the molecule is Cn1c(=O)ccc2cc(OCCCc3nnnn3C3CCCCC3)ccc21. The Hall–Kier alpha value is -2.70. The lowest BCUT2D eigenvalue weighted by Gasteiger charge is -2.22. The molecular formula is C20H25N5O2. The molecule has 3 aromatic rings. The summed E-state index contributed by atoms with van der Waals surface area (Å²) in [5, 5.41) is 13.3. The number of nitrogens with zero attached hydrogens (tertiary/aromatic N) is 5. The van der Waals surface area contributed by atoms with Gasteiger partial charge in [0.15, 0.2) is 5.82 Å². The second kappa shape index (κ2) is 7.90. The van der Waals surface area contributed by atoms with Crippen molar-refractivity contribution in [3.05, 3.63) is 46.5 Å². The summed E-state index contributed by atoms with van der Waals surface area (Å²) in [6.45, 7) is 0.606. The Bertz CT molecular complexity index is 972. The van der Waals surface area contributed by atoms with E-state index in [0.29, 0.717) is 12.6 Å². The number of hydrogen-bond acceptors (Lipinski definition) is 5. The van der Waals surface area contributed by atoms with Crippen LogP contribution in [0.25, 0.3) is 10.9 Å². The maximum Gasteiger partial charge on any atom is 0.250 e. The maximum atomic E-state index is 11.7. The zero-order chi connectivity index (χ0) is 18.6. The molecule has 0 atom stereocenters. The predicted molar refractivity (Wildman–Crippen MR) is 103 cm³/mol. The largest absolute Gasteiger partial charge is 0.494 e. The third-order valence-corrected chi connectivity index (χ3v) is 5.39. The molecule has 27 heavy (non-hydrogen) atoms. The quantitative estimate of drug-likeness (QED) is 0.626. The van der Waals surface area contributed by atoms with Crippen molar-refractivity contribution in [2.45, 2.75) is 51.0 Å². The summed E-state index contributed by atoms with van der Waals surface area (Å²) < 4.78 is 9.57. The van der Waals surface area contributed by atoms with E-state index in [1.165, 1.54) is 32.1 Å². The molecule has 0 amide bonds. The Morgan fingerprint density at radius 3 is 2.85 bits per heavy atom. The molecule has 4 rings (SSSR count). The maximum absolute atomic E-state index is 11.7. The van der Waals surface area contributed by atoms with Crippen LogP contribution in [0.15, 0.2) is 35.1 Å². The predicted octanol–water partition coefficient (Wildman–Crippen LogP) is 3.04. The van der Waals surface area contributed by atoms with Crippen molar-refractivity contribution in [3.8, 4) is 5.75 Å². The fourth-order valence-electron chi connectivity index (χ4n) is 3.86. The molecule has 7 nitrogen and oxygen atoms in total. The summed E-state index contributed by atoms with van der Waals surface area (Å²) in [6.07, 6.45) is 7.87. The Labute approximate surface area is 158 Å². The van der Waals surface area contributed by atoms with E-state index in [0.717, 1.165) is 35.3 Å². The summed E-state index contributed by atoms with van der Waals surface area (Å²) in [5.41, 5.74) is 0.897. The molecule has 142 valence electrons. The highest BCUT2D eigenvalue weighted by Crippen LogP contribution is 2.28. The highest BCUT2D eigenvalue weighted by atomic mass is 16.5. The van der Waals surface area contributed by atoms with Gasteiger partial charge in [0.2, 0.25) is 0 Å². The van der Waals surface area contributed by atoms with Crippen LogP contribution in [0, 0.1) is 0 Å². The Morgan fingerprint density at radius 1 is 1.15 bits per heavy atom. The number of hydrogen-bond donors (Lipinski definition) is 0. The molecule has 2 aromatic heterocycles. The second-order valence-electron chi connectivity index (χ2n) is 7.23. The van der Waals surface area contributed by atoms with Gasteiger partial charge in [0.1, 0.15) is 5.75 Å². The smallest absolute Gasteiger partial charge is 0.250 e. The summed E-state index contributed by atoms with van der Waals surface area (Å²) >= 11 is 0. The van der Waals surface area contributed by atoms with Crippen LogP contribution in [-0.2, 0) is 13.5 Å². The third kappa shape index (κ3) is 3.86. The van der Waals surface area contributed by atoms with Crippen molar-refractivity contribution in [1.82, 2.24) is 24.8 Å². The minimum Gasteiger partial charge on any atom is -0.494 e. The first-order valence-electron chi connectivity index (χ1n) is 9.72. The summed E-state index contributed by atoms with van der Waals surface area (Å²) in [6, 6.07) is 9.68. The van der Waals surface area contributed by atoms with E-state index in [1.54, 1.807) is 17.7 Å². The van der Waals surface area contributed by atoms with E-state index in [4.69, 9.17) is 4.74 Å². The van der Waals surface area contributed by atoms with Crippen molar-refractivity contribution in [3.63, 3.8) is 0 Å². The molecular weight excluding hydrogens is 342 g/mol. The molecule has 1 saturated carbocycles. The van der Waals surface area contributed by atoms with Crippen LogP contribution >= 0.6 is 0 Å². The molecule has 1 aromatic carbocycles. The second-order valence-corrected chi connectivity index (χ2v) is 7.23. The molecule has 2 heterocycles. The van der Waals surface area contributed by atoms with Gasteiger partial charge in [-0.3, -0.25) is 4.79 Å². The van der Waals surface area contributed by atoms with Crippen LogP contribution in [0.4, 0.5) is 0 Å². The average Bonchev–Trinajstić information content (AvgIpc) is 3.17. The first kappa shape index (κ1) is 17.7. The van der Waals surface area contributed by atoms with E-state index in [1.807, 2.05) is 28.9 Å². The first-order chi connectivity index (χ1) is 13.2. The van der Waals surface area contributed by atoms with Crippen molar-refractivity contribution < 1.29 is 4.74 Å². The van der Waals surface area contributed by atoms with Gasteiger partial charge in [-0.2, -0.15) is 0 Å². The number of aromatic nitrogens is 5. The van der Waals surface area contributed by atoms with Crippen LogP contribution in [0.3, 0.4) is 0 Å². The number of fused-ring (bicyclic) bond motifs is 1. The van der Waals surface area contributed by atoms with Crippen molar-refractivity contribution >= 4 is 10.9 Å². The molecule has 0 radical (unpaired) electrons. The van der Waals surface area contributed by atoms with Crippen molar-refractivity contribution in [2.75, 3.05) is 6.61 Å². The number of tetrazole rings is 1. The summed E-state index contributed by atoms with van der Waals surface area (Å²) in [4.78, 5) is 11.7. The van der Waals surface area contributed by atoms with Gasteiger partial charge in [0, 0.05) is 24.9 Å². The molecule has 0 unspecified atom stereocenters. The number of ether oxygens (including phenoxy) is 1. The fraction of sp³-hybridized carbons (Fsp3) is 0.500. The summed E-state index contributed by atoms with van der Waals surface area (Å²) in [7, 11) is 1.78.